The maximum absolute atomic E-state index is 10.5. The predicted molar refractivity (Wildman–Crippen MR) is 70.2 cm³/mol. The van der Waals surface area contributed by atoms with Gasteiger partial charge in [0.15, 0.2) is 0 Å². The number of nitrogen functional groups attached to an aromatic ring is 1. The van der Waals surface area contributed by atoms with Gasteiger partial charge in [0.25, 0.3) is 5.69 Å². The Morgan fingerprint density at radius 2 is 1.76 bits per heavy atom. The Morgan fingerprint density at radius 3 is 2.29 bits per heavy atom. The number of benzene rings is 2. The molecule has 0 atom stereocenters. The summed E-state index contributed by atoms with van der Waals surface area (Å²) in [6.07, 6.45) is 0. The number of nitrogens with two attached hydrogens (primary N) is 1. The van der Waals surface area contributed by atoms with Crippen molar-refractivity contribution in [2.75, 3.05) is 5.73 Å². The maximum atomic E-state index is 10.5. The molecule has 2 aromatic carbocycles. The first kappa shape index (κ1) is 11.5. The lowest BCUT2D eigenvalue weighted by Crippen LogP contribution is -1.89. The molecular formula is C12H10N2O2S. The van der Waals surface area contributed by atoms with Gasteiger partial charge in [0.05, 0.1) is 4.92 Å². The van der Waals surface area contributed by atoms with Gasteiger partial charge >= 0.3 is 0 Å². The molecular weight excluding hydrogens is 236 g/mol. The number of non-ortho nitro benzene ring substituents is 1. The number of nitro groups is 1. The average molecular weight is 246 g/mol. The van der Waals surface area contributed by atoms with Gasteiger partial charge in [-0.15, -0.1) is 12.6 Å². The quantitative estimate of drug-likeness (QED) is 0.370. The number of hydrogen-bond donors (Lipinski definition) is 2. The number of rotatable bonds is 2. The number of nitro benzene ring substituents is 1. The topological polar surface area (TPSA) is 69.2 Å². The fourth-order valence-electron chi connectivity index (χ4n) is 1.56. The molecule has 0 heterocycles. The first-order valence-electron chi connectivity index (χ1n) is 4.91. The molecule has 2 rings (SSSR count). The second kappa shape index (κ2) is 4.47. The molecule has 4 nitrogen and oxygen atoms in total. The molecule has 17 heavy (non-hydrogen) atoms. The van der Waals surface area contributed by atoms with E-state index in [9.17, 15) is 10.1 Å². The summed E-state index contributed by atoms with van der Waals surface area (Å²) in [6.45, 7) is 0. The first-order valence-corrected chi connectivity index (χ1v) is 5.36. The van der Waals surface area contributed by atoms with E-state index in [4.69, 9.17) is 5.73 Å². The van der Waals surface area contributed by atoms with Gasteiger partial charge in [-0.25, -0.2) is 0 Å². The zero-order valence-electron chi connectivity index (χ0n) is 8.83. The fourth-order valence-corrected chi connectivity index (χ4v) is 1.91. The van der Waals surface area contributed by atoms with Crippen LogP contribution in [-0.4, -0.2) is 4.92 Å². The van der Waals surface area contributed by atoms with Crippen molar-refractivity contribution in [2.45, 2.75) is 4.90 Å². The Hall–Kier alpha value is -2.01. The van der Waals surface area contributed by atoms with Gasteiger partial charge in [-0.2, -0.15) is 0 Å². The summed E-state index contributed by atoms with van der Waals surface area (Å²) >= 11 is 4.33. The Morgan fingerprint density at radius 1 is 1.12 bits per heavy atom. The molecule has 86 valence electrons. The van der Waals surface area contributed by atoms with Crippen LogP contribution in [0.5, 0.6) is 0 Å². The number of hydrogen-bond acceptors (Lipinski definition) is 4. The van der Waals surface area contributed by atoms with Gasteiger partial charge in [0, 0.05) is 22.7 Å². The Bertz CT molecular complexity index is 567. The van der Waals surface area contributed by atoms with E-state index in [1.54, 1.807) is 24.3 Å². The molecule has 0 aromatic heterocycles. The van der Waals surface area contributed by atoms with Crippen molar-refractivity contribution in [3.63, 3.8) is 0 Å². The lowest BCUT2D eigenvalue weighted by atomic mass is 10.0. The fraction of sp³-hybridized carbons (Fsp3) is 0. The molecule has 0 bridgehead atoms. The van der Waals surface area contributed by atoms with E-state index >= 15 is 0 Å². The molecule has 0 spiro atoms. The highest BCUT2D eigenvalue weighted by atomic mass is 32.1. The molecule has 0 radical (unpaired) electrons. The molecule has 0 saturated carbocycles. The van der Waals surface area contributed by atoms with Crippen LogP contribution in [0.1, 0.15) is 0 Å². The summed E-state index contributed by atoms with van der Waals surface area (Å²) in [6, 6.07) is 11.7. The van der Waals surface area contributed by atoms with Crippen molar-refractivity contribution in [3.05, 3.63) is 52.6 Å². The molecule has 2 aromatic rings. The van der Waals surface area contributed by atoms with Gasteiger partial charge in [-0.05, 0) is 35.4 Å². The number of nitrogens with zero attached hydrogens (tertiary/aromatic N) is 1. The minimum Gasteiger partial charge on any atom is -0.399 e. The van der Waals surface area contributed by atoms with Crippen LogP contribution in [0, 0.1) is 10.1 Å². The van der Waals surface area contributed by atoms with Crippen molar-refractivity contribution in [1.29, 1.82) is 0 Å². The zero-order valence-corrected chi connectivity index (χ0v) is 9.72. The van der Waals surface area contributed by atoms with Crippen LogP contribution in [-0.2, 0) is 0 Å². The van der Waals surface area contributed by atoms with E-state index in [-0.39, 0.29) is 5.69 Å². The summed E-state index contributed by atoms with van der Waals surface area (Å²) in [5.74, 6) is 0. The third-order valence-corrected chi connectivity index (χ3v) is 2.78. The summed E-state index contributed by atoms with van der Waals surface area (Å²) in [4.78, 5) is 10.9. The van der Waals surface area contributed by atoms with Gasteiger partial charge in [-0.3, -0.25) is 10.1 Å². The molecule has 2 N–H and O–H groups in total. The van der Waals surface area contributed by atoms with Gasteiger partial charge in [0.1, 0.15) is 0 Å². The molecule has 0 amide bonds. The maximum Gasteiger partial charge on any atom is 0.269 e. The van der Waals surface area contributed by atoms with Crippen LogP contribution in [0.3, 0.4) is 0 Å². The molecule has 0 aliphatic heterocycles. The van der Waals surface area contributed by atoms with Crippen LogP contribution < -0.4 is 5.73 Å². The van der Waals surface area contributed by atoms with E-state index in [2.05, 4.69) is 12.6 Å². The largest absolute Gasteiger partial charge is 0.399 e. The lowest BCUT2D eigenvalue weighted by molar-refractivity contribution is -0.384. The third kappa shape index (κ3) is 2.39. The second-order valence-corrected chi connectivity index (χ2v) is 4.06. The molecule has 0 aliphatic rings. The van der Waals surface area contributed by atoms with E-state index in [0.29, 0.717) is 5.69 Å². The van der Waals surface area contributed by atoms with Crippen molar-refractivity contribution >= 4 is 24.0 Å². The normalized spacial score (nSPS) is 10.2. The average Bonchev–Trinajstić information content (AvgIpc) is 2.29. The Labute approximate surface area is 104 Å². The Kier molecular flexibility index (Phi) is 3.01. The van der Waals surface area contributed by atoms with Crippen molar-refractivity contribution in [1.82, 2.24) is 0 Å². The summed E-state index contributed by atoms with van der Waals surface area (Å²) < 4.78 is 0. The van der Waals surface area contributed by atoms with Crippen molar-refractivity contribution in [2.24, 2.45) is 0 Å². The zero-order chi connectivity index (χ0) is 12.4. The van der Waals surface area contributed by atoms with Crippen LogP contribution in [0.15, 0.2) is 47.4 Å². The van der Waals surface area contributed by atoms with E-state index in [0.717, 1.165) is 16.0 Å². The first-order chi connectivity index (χ1) is 8.08. The standard InChI is InChI=1S/C12H10N2O2S/c13-9-3-6-11(12(17)7-9)8-1-4-10(5-2-8)14(15)16/h1-7,17H,13H2. The van der Waals surface area contributed by atoms with Crippen molar-refractivity contribution in [3.8, 4) is 11.1 Å². The molecule has 0 fully saturated rings. The van der Waals surface area contributed by atoms with Crippen LogP contribution in [0.2, 0.25) is 0 Å². The second-order valence-electron chi connectivity index (χ2n) is 3.58. The minimum atomic E-state index is -0.422. The smallest absolute Gasteiger partial charge is 0.269 e. The SMILES string of the molecule is Nc1ccc(-c2ccc([N+](=O)[O-])cc2)c(S)c1. The summed E-state index contributed by atoms with van der Waals surface area (Å²) in [5.41, 5.74) is 8.12. The monoisotopic (exact) mass is 246 g/mol. The minimum absolute atomic E-state index is 0.0740. The van der Waals surface area contributed by atoms with Crippen LogP contribution in [0.4, 0.5) is 11.4 Å². The molecule has 0 saturated heterocycles. The highest BCUT2D eigenvalue weighted by Crippen LogP contribution is 2.29. The summed E-state index contributed by atoms with van der Waals surface area (Å²) in [5, 5.41) is 10.5. The van der Waals surface area contributed by atoms with Gasteiger partial charge in [0.2, 0.25) is 0 Å². The summed E-state index contributed by atoms with van der Waals surface area (Å²) in [7, 11) is 0. The van der Waals surface area contributed by atoms with E-state index in [1.807, 2.05) is 6.07 Å². The van der Waals surface area contributed by atoms with Crippen LogP contribution in [0.25, 0.3) is 11.1 Å². The predicted octanol–water partition coefficient (Wildman–Crippen LogP) is 3.13. The molecule has 0 aliphatic carbocycles. The highest BCUT2D eigenvalue weighted by molar-refractivity contribution is 7.80. The third-order valence-electron chi connectivity index (χ3n) is 2.41. The van der Waals surface area contributed by atoms with Crippen molar-refractivity contribution < 1.29 is 4.92 Å². The molecule has 0 unspecified atom stereocenters. The Balaban J connectivity index is 2.43. The number of anilines is 1. The highest BCUT2D eigenvalue weighted by Gasteiger charge is 2.07. The lowest BCUT2D eigenvalue weighted by Gasteiger charge is -2.05. The van der Waals surface area contributed by atoms with Gasteiger partial charge < -0.3 is 5.73 Å². The number of thiol groups is 1. The van der Waals surface area contributed by atoms with E-state index < -0.39 is 4.92 Å². The molecule has 5 heteroatoms. The van der Waals surface area contributed by atoms with Gasteiger partial charge in [-0.1, -0.05) is 6.07 Å². The van der Waals surface area contributed by atoms with Crippen LogP contribution >= 0.6 is 12.6 Å². The van der Waals surface area contributed by atoms with E-state index in [1.165, 1.54) is 12.1 Å².